The largest absolute Gasteiger partial charge is 0.490 e. The van der Waals surface area contributed by atoms with Crippen LogP contribution in [0.3, 0.4) is 0 Å². The lowest BCUT2D eigenvalue weighted by Gasteiger charge is -2.16. The Morgan fingerprint density at radius 3 is 2.79 bits per heavy atom. The number of ether oxygens (including phenoxy) is 1. The Kier molecular flexibility index (Phi) is 3.89. The van der Waals surface area contributed by atoms with Crippen molar-refractivity contribution in [2.24, 2.45) is 0 Å². The summed E-state index contributed by atoms with van der Waals surface area (Å²) >= 11 is 0. The number of hydrogen-bond donors (Lipinski definition) is 1. The monoisotopic (exact) mass is 197 g/mol. The summed E-state index contributed by atoms with van der Waals surface area (Å²) in [7, 11) is 1.84. The summed E-state index contributed by atoms with van der Waals surface area (Å²) in [6, 6.07) is 5.07. The van der Waals surface area contributed by atoms with E-state index in [1.165, 1.54) is 6.07 Å². The zero-order valence-electron chi connectivity index (χ0n) is 8.80. The molecule has 14 heavy (non-hydrogen) atoms. The molecule has 0 saturated carbocycles. The van der Waals surface area contributed by atoms with E-state index in [2.05, 4.69) is 5.32 Å². The van der Waals surface area contributed by atoms with Crippen molar-refractivity contribution in [1.82, 2.24) is 5.32 Å². The number of nitrogens with one attached hydrogen (secondary N) is 1. The third-order valence-corrected chi connectivity index (χ3v) is 2.19. The Bertz CT molecular complexity index is 301. The van der Waals surface area contributed by atoms with Gasteiger partial charge in [0, 0.05) is 11.6 Å². The van der Waals surface area contributed by atoms with Crippen LogP contribution in [-0.2, 0) is 0 Å². The molecular weight excluding hydrogens is 181 g/mol. The van der Waals surface area contributed by atoms with Gasteiger partial charge < -0.3 is 10.1 Å². The highest BCUT2D eigenvalue weighted by Crippen LogP contribution is 2.27. The van der Waals surface area contributed by atoms with Crippen LogP contribution in [0.25, 0.3) is 0 Å². The minimum absolute atomic E-state index is 0.0900. The molecule has 0 aromatic heterocycles. The predicted molar refractivity (Wildman–Crippen MR) is 55.0 cm³/mol. The molecule has 1 aromatic rings. The fourth-order valence-corrected chi connectivity index (χ4v) is 1.32. The number of halogens is 1. The third-order valence-electron chi connectivity index (χ3n) is 2.19. The first kappa shape index (κ1) is 11.0. The molecule has 0 aliphatic heterocycles. The van der Waals surface area contributed by atoms with Crippen molar-refractivity contribution in [3.8, 4) is 5.75 Å². The average Bonchev–Trinajstić information content (AvgIpc) is 2.20. The molecule has 0 radical (unpaired) electrons. The second-order valence-corrected chi connectivity index (χ2v) is 3.10. The quantitative estimate of drug-likeness (QED) is 0.800. The number of rotatable bonds is 4. The maximum Gasteiger partial charge on any atom is 0.165 e. The summed E-state index contributed by atoms with van der Waals surface area (Å²) in [5, 5.41) is 3.06. The highest BCUT2D eigenvalue weighted by atomic mass is 19.1. The predicted octanol–water partition coefficient (Wildman–Crippen LogP) is 2.50. The Morgan fingerprint density at radius 1 is 1.50 bits per heavy atom. The van der Waals surface area contributed by atoms with Gasteiger partial charge in [0.15, 0.2) is 11.6 Å². The highest BCUT2D eigenvalue weighted by molar-refractivity contribution is 5.37. The zero-order chi connectivity index (χ0) is 10.6. The van der Waals surface area contributed by atoms with Crippen LogP contribution < -0.4 is 10.1 Å². The SMILES string of the molecule is CCOc1c(F)cccc1C(C)NC. The minimum Gasteiger partial charge on any atom is -0.490 e. The maximum absolute atomic E-state index is 13.4. The molecule has 1 unspecified atom stereocenters. The molecule has 0 saturated heterocycles. The van der Waals surface area contributed by atoms with Gasteiger partial charge in [-0.1, -0.05) is 12.1 Å². The zero-order valence-corrected chi connectivity index (χ0v) is 8.80. The molecule has 0 fully saturated rings. The molecule has 0 bridgehead atoms. The van der Waals surface area contributed by atoms with Crippen molar-refractivity contribution in [1.29, 1.82) is 0 Å². The molecule has 1 atom stereocenters. The molecule has 0 amide bonds. The second-order valence-electron chi connectivity index (χ2n) is 3.10. The van der Waals surface area contributed by atoms with Crippen LogP contribution >= 0.6 is 0 Å². The van der Waals surface area contributed by atoms with E-state index in [-0.39, 0.29) is 11.9 Å². The molecule has 1 N–H and O–H groups in total. The van der Waals surface area contributed by atoms with E-state index >= 15 is 0 Å². The van der Waals surface area contributed by atoms with E-state index < -0.39 is 0 Å². The average molecular weight is 197 g/mol. The van der Waals surface area contributed by atoms with E-state index in [0.717, 1.165) is 5.56 Å². The van der Waals surface area contributed by atoms with Gasteiger partial charge in [-0.05, 0) is 27.0 Å². The van der Waals surface area contributed by atoms with E-state index in [1.54, 1.807) is 6.07 Å². The third kappa shape index (κ3) is 2.23. The van der Waals surface area contributed by atoms with E-state index in [4.69, 9.17) is 4.74 Å². The van der Waals surface area contributed by atoms with Crippen LogP contribution in [0.5, 0.6) is 5.75 Å². The number of hydrogen-bond acceptors (Lipinski definition) is 2. The van der Waals surface area contributed by atoms with E-state index in [1.807, 2.05) is 27.0 Å². The summed E-state index contributed by atoms with van der Waals surface area (Å²) in [6.45, 7) is 4.29. The van der Waals surface area contributed by atoms with Gasteiger partial charge >= 0.3 is 0 Å². The Morgan fingerprint density at radius 2 is 2.21 bits per heavy atom. The Labute approximate surface area is 84.1 Å². The summed E-state index contributed by atoms with van der Waals surface area (Å²) in [5.41, 5.74) is 0.856. The van der Waals surface area contributed by atoms with Crippen LogP contribution in [0.2, 0.25) is 0 Å². The summed E-state index contributed by atoms with van der Waals surface area (Å²) in [4.78, 5) is 0. The molecule has 0 aliphatic rings. The fraction of sp³-hybridized carbons (Fsp3) is 0.455. The lowest BCUT2D eigenvalue weighted by atomic mass is 10.1. The van der Waals surface area contributed by atoms with Crippen molar-refractivity contribution >= 4 is 0 Å². The van der Waals surface area contributed by atoms with Crippen molar-refractivity contribution < 1.29 is 9.13 Å². The van der Waals surface area contributed by atoms with Crippen LogP contribution in [0.15, 0.2) is 18.2 Å². The van der Waals surface area contributed by atoms with Crippen LogP contribution in [-0.4, -0.2) is 13.7 Å². The van der Waals surface area contributed by atoms with Crippen LogP contribution in [0, 0.1) is 5.82 Å². The first-order chi connectivity index (χ1) is 6.70. The van der Waals surface area contributed by atoms with Gasteiger partial charge in [-0.15, -0.1) is 0 Å². The van der Waals surface area contributed by atoms with Gasteiger partial charge in [-0.25, -0.2) is 4.39 Å². The van der Waals surface area contributed by atoms with Crippen molar-refractivity contribution in [2.45, 2.75) is 19.9 Å². The van der Waals surface area contributed by atoms with Crippen LogP contribution in [0.1, 0.15) is 25.5 Å². The Balaban J connectivity index is 3.07. The lowest BCUT2D eigenvalue weighted by molar-refractivity contribution is 0.314. The summed E-state index contributed by atoms with van der Waals surface area (Å²) in [5.74, 6) is 0.0586. The summed E-state index contributed by atoms with van der Waals surface area (Å²) in [6.07, 6.45) is 0. The molecule has 2 nitrogen and oxygen atoms in total. The molecule has 1 rings (SSSR count). The summed E-state index contributed by atoms with van der Waals surface area (Å²) < 4.78 is 18.7. The maximum atomic E-state index is 13.4. The van der Waals surface area contributed by atoms with Crippen molar-refractivity contribution in [3.63, 3.8) is 0 Å². The second kappa shape index (κ2) is 4.96. The first-order valence-electron chi connectivity index (χ1n) is 4.79. The smallest absolute Gasteiger partial charge is 0.165 e. The molecule has 3 heteroatoms. The topological polar surface area (TPSA) is 21.3 Å². The van der Waals surface area contributed by atoms with Gasteiger partial charge in [0.25, 0.3) is 0 Å². The first-order valence-corrected chi connectivity index (χ1v) is 4.79. The van der Waals surface area contributed by atoms with Gasteiger partial charge in [0.1, 0.15) is 0 Å². The fourth-order valence-electron chi connectivity index (χ4n) is 1.32. The van der Waals surface area contributed by atoms with Crippen molar-refractivity contribution in [2.75, 3.05) is 13.7 Å². The molecular formula is C11H16FNO. The van der Waals surface area contributed by atoms with Gasteiger partial charge in [-0.2, -0.15) is 0 Å². The van der Waals surface area contributed by atoms with Gasteiger partial charge in [-0.3, -0.25) is 0 Å². The molecule has 78 valence electrons. The normalized spacial score (nSPS) is 12.6. The Hall–Kier alpha value is -1.09. The molecule has 0 aliphatic carbocycles. The van der Waals surface area contributed by atoms with Gasteiger partial charge in [0.05, 0.1) is 6.61 Å². The molecule has 0 heterocycles. The highest BCUT2D eigenvalue weighted by Gasteiger charge is 2.13. The minimum atomic E-state index is -0.300. The number of benzene rings is 1. The van der Waals surface area contributed by atoms with Crippen LogP contribution in [0.4, 0.5) is 4.39 Å². The molecule has 0 spiro atoms. The van der Waals surface area contributed by atoms with Crippen molar-refractivity contribution in [3.05, 3.63) is 29.6 Å². The molecule has 1 aromatic carbocycles. The van der Waals surface area contributed by atoms with E-state index in [9.17, 15) is 4.39 Å². The lowest BCUT2D eigenvalue weighted by Crippen LogP contribution is -2.14. The van der Waals surface area contributed by atoms with Gasteiger partial charge in [0.2, 0.25) is 0 Å². The number of para-hydroxylation sites is 1. The standard InChI is InChI=1S/C11H16FNO/c1-4-14-11-9(8(2)13-3)6-5-7-10(11)12/h5-8,13H,4H2,1-3H3. The van der Waals surface area contributed by atoms with E-state index in [0.29, 0.717) is 12.4 Å².